The van der Waals surface area contributed by atoms with Crippen LogP contribution in [0.4, 0.5) is 0 Å². The minimum absolute atomic E-state index is 0.00925. The van der Waals surface area contributed by atoms with Crippen molar-refractivity contribution < 1.29 is 19.1 Å². The van der Waals surface area contributed by atoms with Crippen molar-refractivity contribution in [3.8, 4) is 11.5 Å². The third kappa shape index (κ3) is 7.25. The normalized spacial score (nSPS) is 11.0. The smallest absolute Gasteiger partial charge is 0.276 e. The second-order valence-corrected chi connectivity index (χ2v) is 8.77. The van der Waals surface area contributed by atoms with Gasteiger partial charge >= 0.3 is 0 Å². The van der Waals surface area contributed by atoms with Crippen LogP contribution in [0.25, 0.3) is 0 Å². The standard InChI is InChI=1S/C21H24BrClN2O4/c1-13-9-15(23)6-8-17(13)28-11-19(26)24-25-20(27)12-29-18-7-5-14(10-16(18)22)21(2,3)4/h5-10H,11-12H2,1-4H3,(H,24,26)(H,25,27). The van der Waals surface area contributed by atoms with Crippen molar-refractivity contribution in [3.63, 3.8) is 0 Å². The molecule has 0 bridgehead atoms. The summed E-state index contributed by atoms with van der Waals surface area (Å²) in [4.78, 5) is 23.7. The molecule has 0 atom stereocenters. The van der Waals surface area contributed by atoms with Crippen LogP contribution in [-0.2, 0) is 15.0 Å². The highest BCUT2D eigenvalue weighted by atomic mass is 79.9. The molecular formula is C21H24BrClN2O4. The largest absolute Gasteiger partial charge is 0.483 e. The van der Waals surface area contributed by atoms with Gasteiger partial charge in [-0.1, -0.05) is 38.4 Å². The van der Waals surface area contributed by atoms with E-state index in [-0.39, 0.29) is 18.6 Å². The molecule has 8 heteroatoms. The summed E-state index contributed by atoms with van der Waals surface area (Å²) in [6.45, 7) is 7.68. The highest BCUT2D eigenvalue weighted by Gasteiger charge is 2.16. The van der Waals surface area contributed by atoms with E-state index in [0.717, 1.165) is 15.6 Å². The fourth-order valence-electron chi connectivity index (χ4n) is 2.36. The number of carbonyl (C=O) groups is 2. The Kier molecular flexibility index (Phi) is 7.93. The number of hydrogen-bond acceptors (Lipinski definition) is 4. The van der Waals surface area contributed by atoms with E-state index in [1.54, 1.807) is 24.3 Å². The van der Waals surface area contributed by atoms with Crippen molar-refractivity contribution in [2.24, 2.45) is 0 Å². The number of hydrazine groups is 1. The summed E-state index contributed by atoms with van der Waals surface area (Å²) in [6, 6.07) is 10.8. The van der Waals surface area contributed by atoms with Crippen molar-refractivity contribution >= 4 is 39.3 Å². The molecule has 0 radical (unpaired) electrons. The van der Waals surface area contributed by atoms with Crippen LogP contribution in [-0.4, -0.2) is 25.0 Å². The highest BCUT2D eigenvalue weighted by Crippen LogP contribution is 2.31. The van der Waals surface area contributed by atoms with E-state index >= 15 is 0 Å². The fourth-order valence-corrected chi connectivity index (χ4v) is 3.08. The van der Waals surface area contributed by atoms with E-state index in [1.807, 2.05) is 19.1 Å². The summed E-state index contributed by atoms with van der Waals surface area (Å²) in [5.74, 6) is 0.0972. The molecule has 156 valence electrons. The van der Waals surface area contributed by atoms with Crippen LogP contribution in [0.2, 0.25) is 5.02 Å². The van der Waals surface area contributed by atoms with E-state index in [1.165, 1.54) is 0 Å². The number of carbonyl (C=O) groups excluding carboxylic acids is 2. The van der Waals surface area contributed by atoms with Gasteiger partial charge in [0, 0.05) is 5.02 Å². The Bertz CT molecular complexity index is 897. The van der Waals surface area contributed by atoms with Gasteiger partial charge in [-0.2, -0.15) is 0 Å². The Morgan fingerprint density at radius 2 is 1.52 bits per heavy atom. The Morgan fingerprint density at radius 3 is 2.03 bits per heavy atom. The second kappa shape index (κ2) is 9.98. The lowest BCUT2D eigenvalue weighted by Gasteiger charge is -2.20. The van der Waals surface area contributed by atoms with Crippen molar-refractivity contribution in [2.75, 3.05) is 13.2 Å². The molecule has 0 aromatic heterocycles. The van der Waals surface area contributed by atoms with Crippen LogP contribution in [0.15, 0.2) is 40.9 Å². The van der Waals surface area contributed by atoms with Crippen molar-refractivity contribution in [3.05, 3.63) is 57.0 Å². The number of aryl methyl sites for hydroxylation is 1. The van der Waals surface area contributed by atoms with Gasteiger partial charge in [-0.3, -0.25) is 20.4 Å². The molecule has 29 heavy (non-hydrogen) atoms. The molecule has 0 fully saturated rings. The van der Waals surface area contributed by atoms with E-state index in [0.29, 0.717) is 16.5 Å². The first-order valence-electron chi connectivity index (χ1n) is 8.95. The van der Waals surface area contributed by atoms with E-state index in [2.05, 4.69) is 47.6 Å². The number of hydrogen-bond donors (Lipinski definition) is 2. The monoisotopic (exact) mass is 482 g/mol. The summed E-state index contributed by atoms with van der Waals surface area (Å²) < 4.78 is 11.7. The molecule has 0 heterocycles. The zero-order valence-corrected chi connectivity index (χ0v) is 19.1. The maximum Gasteiger partial charge on any atom is 0.276 e. The predicted octanol–water partition coefficient (Wildman–Crippen LogP) is 4.31. The average molecular weight is 484 g/mol. The minimum atomic E-state index is -0.497. The summed E-state index contributed by atoms with van der Waals surface area (Å²) >= 11 is 9.33. The topological polar surface area (TPSA) is 76.7 Å². The summed E-state index contributed by atoms with van der Waals surface area (Å²) in [5, 5.41) is 0.589. The van der Waals surface area contributed by atoms with Crippen LogP contribution in [0.5, 0.6) is 11.5 Å². The molecule has 0 saturated carbocycles. The van der Waals surface area contributed by atoms with Crippen LogP contribution in [0.3, 0.4) is 0 Å². The van der Waals surface area contributed by atoms with Gasteiger partial charge in [-0.05, 0) is 69.7 Å². The van der Waals surface area contributed by atoms with Crippen molar-refractivity contribution in [1.82, 2.24) is 10.9 Å². The first-order valence-corrected chi connectivity index (χ1v) is 10.1. The Hall–Kier alpha value is -2.25. The quantitative estimate of drug-likeness (QED) is 0.600. The molecule has 0 spiro atoms. The molecular weight excluding hydrogens is 460 g/mol. The van der Waals surface area contributed by atoms with Gasteiger partial charge in [0.1, 0.15) is 11.5 Å². The SMILES string of the molecule is Cc1cc(Cl)ccc1OCC(=O)NNC(=O)COc1ccc(C(C)(C)C)cc1Br. The van der Waals surface area contributed by atoms with Gasteiger partial charge in [-0.15, -0.1) is 0 Å². The molecule has 2 amide bonds. The Morgan fingerprint density at radius 1 is 0.966 bits per heavy atom. The van der Waals surface area contributed by atoms with Crippen molar-refractivity contribution in [2.45, 2.75) is 33.1 Å². The Balaban J connectivity index is 1.76. The molecule has 2 aromatic rings. The first-order chi connectivity index (χ1) is 13.6. The lowest BCUT2D eigenvalue weighted by molar-refractivity contribution is -0.131. The maximum absolute atomic E-state index is 11.9. The molecule has 0 saturated heterocycles. The van der Waals surface area contributed by atoms with Crippen LogP contribution >= 0.6 is 27.5 Å². The maximum atomic E-state index is 11.9. The molecule has 2 rings (SSSR count). The zero-order valence-electron chi connectivity index (χ0n) is 16.8. The second-order valence-electron chi connectivity index (χ2n) is 7.48. The molecule has 2 aromatic carbocycles. The van der Waals surface area contributed by atoms with Gasteiger partial charge in [0.15, 0.2) is 13.2 Å². The lowest BCUT2D eigenvalue weighted by Crippen LogP contribution is -2.45. The predicted molar refractivity (Wildman–Crippen MR) is 116 cm³/mol. The Labute approximate surface area is 184 Å². The zero-order chi connectivity index (χ0) is 21.6. The van der Waals surface area contributed by atoms with Gasteiger partial charge in [0.05, 0.1) is 4.47 Å². The first kappa shape index (κ1) is 23.0. The number of rotatable bonds is 6. The summed E-state index contributed by atoms with van der Waals surface area (Å²) in [6.07, 6.45) is 0. The third-order valence-corrected chi connectivity index (χ3v) is 4.85. The van der Waals surface area contributed by atoms with Crippen LogP contribution in [0.1, 0.15) is 31.9 Å². The molecule has 0 aliphatic rings. The fraction of sp³-hybridized carbons (Fsp3) is 0.333. The minimum Gasteiger partial charge on any atom is -0.483 e. The van der Waals surface area contributed by atoms with Gasteiger partial charge in [0.2, 0.25) is 0 Å². The number of halogens is 2. The number of nitrogens with one attached hydrogen (secondary N) is 2. The van der Waals surface area contributed by atoms with E-state index < -0.39 is 11.8 Å². The molecule has 0 aliphatic carbocycles. The summed E-state index contributed by atoms with van der Waals surface area (Å²) in [7, 11) is 0. The highest BCUT2D eigenvalue weighted by molar-refractivity contribution is 9.10. The van der Waals surface area contributed by atoms with Gasteiger partial charge < -0.3 is 9.47 Å². The molecule has 2 N–H and O–H groups in total. The van der Waals surface area contributed by atoms with Crippen molar-refractivity contribution in [1.29, 1.82) is 0 Å². The number of amides is 2. The van der Waals surface area contributed by atoms with Crippen LogP contribution < -0.4 is 20.3 Å². The van der Waals surface area contributed by atoms with E-state index in [9.17, 15) is 9.59 Å². The third-order valence-electron chi connectivity index (χ3n) is 3.99. The van der Waals surface area contributed by atoms with Crippen LogP contribution in [0, 0.1) is 6.92 Å². The molecule has 0 aliphatic heterocycles. The number of ether oxygens (including phenoxy) is 2. The summed E-state index contributed by atoms with van der Waals surface area (Å²) in [5.41, 5.74) is 6.53. The number of benzene rings is 2. The molecule has 0 unspecified atom stereocenters. The van der Waals surface area contributed by atoms with E-state index in [4.69, 9.17) is 21.1 Å². The molecule has 6 nitrogen and oxygen atoms in total. The lowest BCUT2D eigenvalue weighted by atomic mass is 9.87. The van der Waals surface area contributed by atoms with Gasteiger partial charge in [-0.25, -0.2) is 0 Å². The average Bonchev–Trinajstić information content (AvgIpc) is 2.63. The van der Waals surface area contributed by atoms with Gasteiger partial charge in [0.25, 0.3) is 11.8 Å².